The van der Waals surface area contributed by atoms with Crippen molar-refractivity contribution in [2.45, 2.75) is 39.3 Å². The molecular formula is C29H34BrN3O4S. The molecule has 3 aromatic rings. The number of carbonyl (C=O) groups excluding carboxylic acids is 2. The van der Waals surface area contributed by atoms with Crippen LogP contribution in [-0.2, 0) is 32.6 Å². The van der Waals surface area contributed by atoms with Gasteiger partial charge in [-0.25, -0.2) is 8.42 Å². The lowest BCUT2D eigenvalue weighted by molar-refractivity contribution is -0.140. The minimum atomic E-state index is -3.78. The van der Waals surface area contributed by atoms with E-state index in [-0.39, 0.29) is 12.5 Å². The first-order valence-electron chi connectivity index (χ1n) is 12.5. The SMILES string of the molecule is CCCNC(=O)C(Cc1ccccc1)N(Cc1cccc(Br)c1)C(=O)CN(c1ccc(C)cc1)S(C)(=O)=O. The van der Waals surface area contributed by atoms with E-state index in [2.05, 4.69) is 21.2 Å². The molecule has 0 spiro atoms. The molecule has 0 heterocycles. The molecule has 1 atom stereocenters. The molecule has 0 saturated carbocycles. The fourth-order valence-corrected chi connectivity index (χ4v) is 5.37. The van der Waals surface area contributed by atoms with Crippen molar-refractivity contribution >= 4 is 43.5 Å². The molecule has 0 fully saturated rings. The molecule has 0 radical (unpaired) electrons. The highest BCUT2D eigenvalue weighted by molar-refractivity contribution is 9.10. The van der Waals surface area contributed by atoms with Crippen molar-refractivity contribution in [2.75, 3.05) is 23.7 Å². The monoisotopic (exact) mass is 599 g/mol. The van der Waals surface area contributed by atoms with Crippen LogP contribution in [0.4, 0.5) is 5.69 Å². The maximum atomic E-state index is 14.0. The molecule has 202 valence electrons. The molecular weight excluding hydrogens is 566 g/mol. The number of benzene rings is 3. The highest BCUT2D eigenvalue weighted by Gasteiger charge is 2.32. The molecule has 0 aliphatic carbocycles. The fourth-order valence-electron chi connectivity index (χ4n) is 4.08. The van der Waals surface area contributed by atoms with Crippen LogP contribution in [0.2, 0.25) is 0 Å². The smallest absolute Gasteiger partial charge is 0.244 e. The first kappa shape index (κ1) is 29.4. The average molecular weight is 601 g/mol. The number of carbonyl (C=O) groups is 2. The Bertz CT molecular complexity index is 1330. The zero-order chi connectivity index (χ0) is 27.7. The Balaban J connectivity index is 2.03. The standard InChI is InChI=1S/C29H34BrN3O4S/c1-4-17-31-29(35)27(19-23-9-6-5-7-10-23)32(20-24-11-8-12-25(30)18-24)28(34)21-33(38(3,36)37)26-15-13-22(2)14-16-26/h5-16,18,27H,4,17,19-21H2,1-3H3,(H,31,35). The van der Waals surface area contributed by atoms with Crippen LogP contribution in [-0.4, -0.2) is 50.5 Å². The number of nitrogens with zero attached hydrogens (tertiary/aromatic N) is 2. The second-order valence-electron chi connectivity index (χ2n) is 9.25. The van der Waals surface area contributed by atoms with Crippen LogP contribution in [0.1, 0.15) is 30.0 Å². The second kappa shape index (κ2) is 13.6. The molecule has 2 amide bonds. The predicted molar refractivity (Wildman–Crippen MR) is 155 cm³/mol. The molecule has 0 aliphatic rings. The third-order valence-electron chi connectivity index (χ3n) is 6.06. The van der Waals surface area contributed by atoms with Crippen LogP contribution < -0.4 is 9.62 Å². The highest BCUT2D eigenvalue weighted by Crippen LogP contribution is 2.21. The molecule has 0 aliphatic heterocycles. The van der Waals surface area contributed by atoms with Crippen LogP contribution in [0.25, 0.3) is 0 Å². The van der Waals surface area contributed by atoms with Crippen molar-refractivity contribution in [3.63, 3.8) is 0 Å². The number of aryl methyl sites for hydroxylation is 1. The first-order chi connectivity index (χ1) is 18.1. The number of halogens is 1. The van der Waals surface area contributed by atoms with Gasteiger partial charge in [-0.2, -0.15) is 0 Å². The minimum Gasteiger partial charge on any atom is -0.354 e. The van der Waals surface area contributed by atoms with Gasteiger partial charge in [0.2, 0.25) is 21.8 Å². The summed E-state index contributed by atoms with van der Waals surface area (Å²) in [6, 6.07) is 23.1. The van der Waals surface area contributed by atoms with Crippen LogP contribution in [0.3, 0.4) is 0 Å². The Kier molecular flexibility index (Phi) is 10.5. The van der Waals surface area contributed by atoms with Gasteiger partial charge in [0.1, 0.15) is 12.6 Å². The average Bonchev–Trinajstić information content (AvgIpc) is 2.88. The molecule has 0 aromatic heterocycles. The zero-order valence-electron chi connectivity index (χ0n) is 21.9. The van der Waals surface area contributed by atoms with Crippen molar-refractivity contribution in [3.8, 4) is 0 Å². The molecule has 9 heteroatoms. The third kappa shape index (κ3) is 8.43. The summed E-state index contributed by atoms with van der Waals surface area (Å²) in [7, 11) is -3.78. The predicted octanol–water partition coefficient (Wildman–Crippen LogP) is 4.69. The van der Waals surface area contributed by atoms with Gasteiger partial charge in [-0.15, -0.1) is 0 Å². The van der Waals surface area contributed by atoms with E-state index in [1.807, 2.05) is 68.4 Å². The van der Waals surface area contributed by atoms with E-state index in [0.717, 1.165) is 38.1 Å². The second-order valence-corrected chi connectivity index (χ2v) is 12.1. The zero-order valence-corrected chi connectivity index (χ0v) is 24.3. The van der Waals surface area contributed by atoms with Crippen molar-refractivity contribution in [1.82, 2.24) is 10.2 Å². The Morgan fingerprint density at radius 1 is 0.947 bits per heavy atom. The van der Waals surface area contributed by atoms with Gasteiger partial charge in [0.15, 0.2) is 0 Å². The fraction of sp³-hybridized carbons (Fsp3) is 0.310. The summed E-state index contributed by atoms with van der Waals surface area (Å²) in [5, 5.41) is 2.93. The van der Waals surface area contributed by atoms with Gasteiger partial charge < -0.3 is 10.2 Å². The van der Waals surface area contributed by atoms with E-state index in [0.29, 0.717) is 18.7 Å². The summed E-state index contributed by atoms with van der Waals surface area (Å²) in [6.45, 7) is 4.05. The number of hydrogen-bond acceptors (Lipinski definition) is 4. The third-order valence-corrected chi connectivity index (χ3v) is 7.70. The first-order valence-corrected chi connectivity index (χ1v) is 15.1. The Morgan fingerprint density at radius 2 is 1.61 bits per heavy atom. The van der Waals surface area contributed by atoms with Crippen molar-refractivity contribution in [1.29, 1.82) is 0 Å². The van der Waals surface area contributed by atoms with Gasteiger partial charge in [-0.05, 0) is 48.7 Å². The van der Waals surface area contributed by atoms with Gasteiger partial charge in [-0.1, -0.05) is 83.0 Å². The van der Waals surface area contributed by atoms with Crippen molar-refractivity contribution in [3.05, 3.63) is 100 Å². The Morgan fingerprint density at radius 3 is 2.21 bits per heavy atom. The molecule has 38 heavy (non-hydrogen) atoms. The normalized spacial score (nSPS) is 12.0. The number of nitrogens with one attached hydrogen (secondary N) is 1. The number of rotatable bonds is 12. The van der Waals surface area contributed by atoms with E-state index in [1.165, 1.54) is 4.90 Å². The van der Waals surface area contributed by atoms with Gasteiger partial charge in [0.25, 0.3) is 0 Å². The molecule has 0 saturated heterocycles. The minimum absolute atomic E-state index is 0.140. The summed E-state index contributed by atoms with van der Waals surface area (Å²) in [5.74, 6) is -0.746. The lowest BCUT2D eigenvalue weighted by Crippen LogP contribution is -2.53. The summed E-state index contributed by atoms with van der Waals surface area (Å²) < 4.78 is 27.5. The molecule has 3 rings (SSSR count). The molecule has 3 aromatic carbocycles. The van der Waals surface area contributed by atoms with Gasteiger partial charge in [0, 0.05) is 24.0 Å². The van der Waals surface area contributed by atoms with E-state index in [4.69, 9.17) is 0 Å². The number of anilines is 1. The van der Waals surface area contributed by atoms with Gasteiger partial charge in [0.05, 0.1) is 11.9 Å². The number of hydrogen-bond donors (Lipinski definition) is 1. The summed E-state index contributed by atoms with van der Waals surface area (Å²) in [6.07, 6.45) is 2.12. The molecule has 1 unspecified atom stereocenters. The lowest BCUT2D eigenvalue weighted by atomic mass is 10.0. The molecule has 7 nitrogen and oxygen atoms in total. The van der Waals surface area contributed by atoms with Crippen LogP contribution in [0.5, 0.6) is 0 Å². The van der Waals surface area contributed by atoms with Crippen LogP contribution in [0, 0.1) is 6.92 Å². The number of sulfonamides is 1. The maximum Gasteiger partial charge on any atom is 0.244 e. The molecule has 0 bridgehead atoms. The highest BCUT2D eigenvalue weighted by atomic mass is 79.9. The van der Waals surface area contributed by atoms with Crippen molar-refractivity contribution in [2.24, 2.45) is 0 Å². The Labute approximate surface area is 234 Å². The quantitative estimate of drug-likeness (QED) is 0.327. The van der Waals surface area contributed by atoms with Crippen molar-refractivity contribution < 1.29 is 18.0 Å². The molecule has 1 N–H and O–H groups in total. The Hall–Kier alpha value is -3.17. The maximum absolute atomic E-state index is 14.0. The summed E-state index contributed by atoms with van der Waals surface area (Å²) in [5.41, 5.74) is 3.08. The van der Waals surface area contributed by atoms with Gasteiger partial charge >= 0.3 is 0 Å². The lowest BCUT2D eigenvalue weighted by Gasteiger charge is -2.33. The van der Waals surface area contributed by atoms with Crippen LogP contribution in [0.15, 0.2) is 83.3 Å². The summed E-state index contributed by atoms with van der Waals surface area (Å²) >= 11 is 3.48. The largest absolute Gasteiger partial charge is 0.354 e. The topological polar surface area (TPSA) is 86.8 Å². The number of amides is 2. The van der Waals surface area contributed by atoms with E-state index < -0.39 is 28.5 Å². The van der Waals surface area contributed by atoms with E-state index in [9.17, 15) is 18.0 Å². The summed E-state index contributed by atoms with van der Waals surface area (Å²) in [4.78, 5) is 28.9. The van der Waals surface area contributed by atoms with E-state index >= 15 is 0 Å². The van der Waals surface area contributed by atoms with E-state index in [1.54, 1.807) is 24.3 Å². The van der Waals surface area contributed by atoms with Gasteiger partial charge in [-0.3, -0.25) is 13.9 Å². The van der Waals surface area contributed by atoms with Crippen LogP contribution >= 0.6 is 15.9 Å².